The van der Waals surface area contributed by atoms with Gasteiger partial charge in [-0.05, 0) is 36.2 Å². The van der Waals surface area contributed by atoms with Crippen molar-refractivity contribution < 1.29 is 4.79 Å². The van der Waals surface area contributed by atoms with Gasteiger partial charge in [0.15, 0.2) is 0 Å². The van der Waals surface area contributed by atoms with Crippen LogP contribution in [0.3, 0.4) is 0 Å². The van der Waals surface area contributed by atoms with E-state index in [1.54, 1.807) is 24.4 Å². The number of hydrogen-bond donors (Lipinski definition) is 2. The van der Waals surface area contributed by atoms with Gasteiger partial charge in [0.25, 0.3) is 0 Å². The molecule has 2 aromatic rings. The summed E-state index contributed by atoms with van der Waals surface area (Å²) in [4.78, 5) is 15.9. The number of carbonyl (C=O) groups excluding carboxylic acids is 1. The zero-order chi connectivity index (χ0) is 16.1. The number of nitrogens with zero attached hydrogens (tertiary/aromatic N) is 1. The van der Waals surface area contributed by atoms with Crippen molar-refractivity contribution in [1.29, 1.82) is 0 Å². The van der Waals surface area contributed by atoms with Crippen molar-refractivity contribution in [2.75, 3.05) is 10.6 Å². The number of anilines is 3. The Morgan fingerprint density at radius 1 is 1.14 bits per heavy atom. The summed E-state index contributed by atoms with van der Waals surface area (Å²) in [7, 11) is 0. The summed E-state index contributed by atoms with van der Waals surface area (Å²) in [5.74, 6) is 0.814. The van der Waals surface area contributed by atoms with Crippen LogP contribution in [0.2, 0.25) is 10.0 Å². The fourth-order valence-corrected chi connectivity index (χ4v) is 2.15. The maximum atomic E-state index is 11.7. The number of halogens is 2. The third-order valence-corrected chi connectivity index (χ3v) is 3.57. The molecule has 22 heavy (non-hydrogen) atoms. The maximum absolute atomic E-state index is 11.7. The van der Waals surface area contributed by atoms with Gasteiger partial charge in [0.2, 0.25) is 5.91 Å². The van der Waals surface area contributed by atoms with E-state index in [0.29, 0.717) is 28.2 Å². The molecule has 0 saturated heterocycles. The Balaban J connectivity index is 1.99. The predicted octanol–water partition coefficient (Wildman–Crippen LogP) is 5.12. The van der Waals surface area contributed by atoms with E-state index in [4.69, 9.17) is 23.2 Å². The SMILES string of the molecule is CC(C)CC(=O)Nc1ccc(Nc2ccc(Cl)c(Cl)c2)cn1. The number of carbonyl (C=O) groups is 1. The first-order valence-electron chi connectivity index (χ1n) is 6.92. The Bertz CT molecular complexity index is 657. The second-order valence-corrected chi connectivity index (χ2v) is 6.15. The molecule has 4 nitrogen and oxygen atoms in total. The number of hydrogen-bond acceptors (Lipinski definition) is 3. The molecule has 6 heteroatoms. The highest BCUT2D eigenvalue weighted by Gasteiger charge is 2.06. The summed E-state index contributed by atoms with van der Waals surface area (Å²) in [5, 5.41) is 6.92. The molecular weight excluding hydrogens is 321 g/mol. The first-order chi connectivity index (χ1) is 10.4. The molecule has 0 bridgehead atoms. The number of aromatic nitrogens is 1. The van der Waals surface area contributed by atoms with Crippen LogP contribution in [0.1, 0.15) is 20.3 Å². The van der Waals surface area contributed by atoms with Crippen LogP contribution in [-0.4, -0.2) is 10.9 Å². The van der Waals surface area contributed by atoms with Crippen molar-refractivity contribution in [3.05, 3.63) is 46.6 Å². The molecule has 1 amide bonds. The maximum Gasteiger partial charge on any atom is 0.225 e. The molecule has 0 aliphatic heterocycles. The minimum absolute atomic E-state index is 0.0345. The molecular formula is C16H17Cl2N3O. The zero-order valence-electron chi connectivity index (χ0n) is 12.4. The van der Waals surface area contributed by atoms with Crippen LogP contribution in [0.25, 0.3) is 0 Å². The highest BCUT2D eigenvalue weighted by molar-refractivity contribution is 6.42. The van der Waals surface area contributed by atoms with E-state index in [1.807, 2.05) is 26.0 Å². The van der Waals surface area contributed by atoms with Crippen LogP contribution in [0.15, 0.2) is 36.5 Å². The minimum Gasteiger partial charge on any atom is -0.354 e. The number of amides is 1. The van der Waals surface area contributed by atoms with E-state index < -0.39 is 0 Å². The van der Waals surface area contributed by atoms with Crippen LogP contribution < -0.4 is 10.6 Å². The van der Waals surface area contributed by atoms with Crippen LogP contribution in [-0.2, 0) is 4.79 Å². The van der Waals surface area contributed by atoms with Gasteiger partial charge in [0.05, 0.1) is 21.9 Å². The van der Waals surface area contributed by atoms with Crippen molar-refractivity contribution in [3.8, 4) is 0 Å². The second-order valence-electron chi connectivity index (χ2n) is 5.33. The van der Waals surface area contributed by atoms with Crippen molar-refractivity contribution in [3.63, 3.8) is 0 Å². The van der Waals surface area contributed by atoms with Gasteiger partial charge in [-0.15, -0.1) is 0 Å². The first-order valence-corrected chi connectivity index (χ1v) is 7.67. The second kappa shape index (κ2) is 7.47. The molecule has 0 fully saturated rings. The third kappa shape index (κ3) is 4.90. The van der Waals surface area contributed by atoms with Gasteiger partial charge in [-0.3, -0.25) is 4.79 Å². The topological polar surface area (TPSA) is 54.0 Å². The first kappa shape index (κ1) is 16.6. The summed E-state index contributed by atoms with van der Waals surface area (Å²) in [5.41, 5.74) is 1.60. The minimum atomic E-state index is -0.0345. The number of nitrogens with one attached hydrogen (secondary N) is 2. The molecule has 1 aromatic heterocycles. The van der Waals surface area contributed by atoms with Crippen LogP contribution in [0, 0.1) is 5.92 Å². The van der Waals surface area contributed by atoms with E-state index >= 15 is 0 Å². The molecule has 1 heterocycles. The Morgan fingerprint density at radius 3 is 2.45 bits per heavy atom. The molecule has 0 atom stereocenters. The quantitative estimate of drug-likeness (QED) is 0.796. The summed E-state index contributed by atoms with van der Waals surface area (Å²) in [6, 6.07) is 8.87. The van der Waals surface area contributed by atoms with Gasteiger partial charge in [0.1, 0.15) is 5.82 Å². The standard InChI is InChI=1S/C16H17Cl2N3O/c1-10(2)7-16(22)21-15-6-4-12(9-19-15)20-11-3-5-13(17)14(18)8-11/h3-6,8-10,20H,7H2,1-2H3,(H,19,21,22). The van der Waals surface area contributed by atoms with Gasteiger partial charge in [0, 0.05) is 12.1 Å². The summed E-state index contributed by atoms with van der Waals surface area (Å²) in [6.45, 7) is 3.99. The number of rotatable bonds is 5. The molecule has 1 aromatic carbocycles. The van der Waals surface area contributed by atoms with Crippen molar-refractivity contribution in [1.82, 2.24) is 4.98 Å². The lowest BCUT2D eigenvalue weighted by atomic mass is 10.1. The van der Waals surface area contributed by atoms with E-state index in [0.717, 1.165) is 11.4 Å². The molecule has 0 radical (unpaired) electrons. The smallest absolute Gasteiger partial charge is 0.225 e. The van der Waals surface area contributed by atoms with E-state index in [9.17, 15) is 4.79 Å². The summed E-state index contributed by atoms with van der Waals surface area (Å²) in [6.07, 6.45) is 2.12. The average molecular weight is 338 g/mol. The Kier molecular flexibility index (Phi) is 5.63. The lowest BCUT2D eigenvalue weighted by Gasteiger charge is -2.09. The van der Waals surface area contributed by atoms with Gasteiger partial charge in [-0.25, -0.2) is 4.98 Å². The molecule has 2 rings (SSSR count). The van der Waals surface area contributed by atoms with Crippen molar-refractivity contribution in [2.24, 2.45) is 5.92 Å². The molecule has 2 N–H and O–H groups in total. The normalized spacial score (nSPS) is 10.6. The lowest BCUT2D eigenvalue weighted by molar-refractivity contribution is -0.116. The summed E-state index contributed by atoms with van der Waals surface area (Å²) < 4.78 is 0. The number of benzene rings is 1. The monoisotopic (exact) mass is 337 g/mol. The van der Waals surface area contributed by atoms with E-state index in [2.05, 4.69) is 15.6 Å². The predicted molar refractivity (Wildman–Crippen MR) is 92.1 cm³/mol. The van der Waals surface area contributed by atoms with Crippen LogP contribution in [0.4, 0.5) is 17.2 Å². The van der Waals surface area contributed by atoms with Crippen molar-refractivity contribution in [2.45, 2.75) is 20.3 Å². The summed E-state index contributed by atoms with van der Waals surface area (Å²) >= 11 is 11.8. The molecule has 0 aliphatic carbocycles. The third-order valence-electron chi connectivity index (χ3n) is 2.83. The molecule has 0 unspecified atom stereocenters. The molecule has 0 spiro atoms. The molecule has 116 valence electrons. The Morgan fingerprint density at radius 2 is 1.86 bits per heavy atom. The van der Waals surface area contributed by atoms with Crippen LogP contribution in [0.5, 0.6) is 0 Å². The highest BCUT2D eigenvalue weighted by Crippen LogP contribution is 2.27. The largest absolute Gasteiger partial charge is 0.354 e. The van der Waals surface area contributed by atoms with Crippen molar-refractivity contribution >= 4 is 46.3 Å². The fraction of sp³-hybridized carbons (Fsp3) is 0.250. The van der Waals surface area contributed by atoms with E-state index in [1.165, 1.54) is 0 Å². The highest BCUT2D eigenvalue weighted by atomic mass is 35.5. The van der Waals surface area contributed by atoms with Gasteiger partial charge in [-0.1, -0.05) is 37.0 Å². The van der Waals surface area contributed by atoms with Gasteiger partial charge in [-0.2, -0.15) is 0 Å². The average Bonchev–Trinajstić information content (AvgIpc) is 2.44. The molecule has 0 saturated carbocycles. The number of pyridine rings is 1. The fourth-order valence-electron chi connectivity index (χ4n) is 1.85. The Hall–Kier alpha value is -1.78. The Labute approximate surface area is 139 Å². The van der Waals surface area contributed by atoms with Gasteiger partial charge < -0.3 is 10.6 Å². The van der Waals surface area contributed by atoms with Crippen LogP contribution >= 0.6 is 23.2 Å². The zero-order valence-corrected chi connectivity index (χ0v) is 13.9. The lowest BCUT2D eigenvalue weighted by Crippen LogP contribution is -2.14. The van der Waals surface area contributed by atoms with Gasteiger partial charge >= 0.3 is 0 Å². The van der Waals surface area contributed by atoms with E-state index in [-0.39, 0.29) is 5.91 Å². The molecule has 0 aliphatic rings.